The van der Waals surface area contributed by atoms with Crippen LogP contribution in [-0.4, -0.2) is 43.3 Å². The molecule has 1 atom stereocenters. The number of fused-ring (bicyclic) bond motifs is 2. The number of benzene rings is 2. The lowest BCUT2D eigenvalue weighted by Gasteiger charge is -2.24. The largest absolute Gasteiger partial charge is 0.493 e. The van der Waals surface area contributed by atoms with Gasteiger partial charge in [-0.1, -0.05) is 17.7 Å². The lowest BCUT2D eigenvalue weighted by Crippen LogP contribution is -2.32. The van der Waals surface area contributed by atoms with Crippen molar-refractivity contribution in [2.45, 2.75) is 13.0 Å². The summed E-state index contributed by atoms with van der Waals surface area (Å²) >= 11 is 0. The number of ether oxygens (including phenoxy) is 2. The number of methoxy groups -OCH3 is 2. The van der Waals surface area contributed by atoms with E-state index in [2.05, 4.69) is 0 Å². The maximum absolute atomic E-state index is 13.4. The Morgan fingerprint density at radius 1 is 1.07 bits per heavy atom. The van der Waals surface area contributed by atoms with E-state index in [0.29, 0.717) is 28.0 Å². The summed E-state index contributed by atoms with van der Waals surface area (Å²) in [7, 11) is 3.05. The monoisotopic (exact) mass is 395 g/mol. The number of rotatable bonds is 5. The molecule has 29 heavy (non-hydrogen) atoms. The highest BCUT2D eigenvalue weighted by atomic mass is 16.5. The second-order valence-corrected chi connectivity index (χ2v) is 6.91. The van der Waals surface area contributed by atoms with Gasteiger partial charge >= 0.3 is 0 Å². The molecular weight excluding hydrogens is 374 g/mol. The predicted octanol–water partition coefficient (Wildman–Crippen LogP) is 2.66. The summed E-state index contributed by atoms with van der Waals surface area (Å²) in [6, 6.07) is 9.82. The second kappa shape index (κ2) is 7.25. The summed E-state index contributed by atoms with van der Waals surface area (Å²) in [6.07, 6.45) is 0. The van der Waals surface area contributed by atoms with Crippen molar-refractivity contribution >= 4 is 16.9 Å². The van der Waals surface area contributed by atoms with Crippen molar-refractivity contribution in [3.8, 4) is 11.5 Å². The summed E-state index contributed by atoms with van der Waals surface area (Å²) in [4.78, 5) is 27.9. The van der Waals surface area contributed by atoms with E-state index in [1.807, 2.05) is 13.0 Å². The minimum absolute atomic E-state index is 0.0135. The smallest absolute Gasteiger partial charge is 0.290 e. The third kappa shape index (κ3) is 2.94. The van der Waals surface area contributed by atoms with Gasteiger partial charge in [0.1, 0.15) is 5.58 Å². The van der Waals surface area contributed by atoms with Gasteiger partial charge in [0.05, 0.1) is 37.8 Å². The lowest BCUT2D eigenvalue weighted by molar-refractivity contribution is 0.0691. The predicted molar refractivity (Wildman–Crippen MR) is 107 cm³/mol. The van der Waals surface area contributed by atoms with Gasteiger partial charge in [-0.2, -0.15) is 0 Å². The first kappa shape index (κ1) is 19.0. The van der Waals surface area contributed by atoms with Crippen LogP contribution < -0.4 is 14.9 Å². The number of carbonyl (C=O) groups is 1. The molecule has 0 bridgehead atoms. The quantitative estimate of drug-likeness (QED) is 0.714. The van der Waals surface area contributed by atoms with Crippen molar-refractivity contribution in [1.82, 2.24) is 4.90 Å². The Morgan fingerprint density at radius 3 is 2.52 bits per heavy atom. The Hall–Kier alpha value is -3.32. The average Bonchev–Trinajstić information content (AvgIpc) is 3.00. The zero-order valence-electron chi connectivity index (χ0n) is 16.4. The fraction of sp³-hybridized carbons (Fsp3) is 0.273. The molecule has 0 spiro atoms. The molecule has 1 aliphatic rings. The van der Waals surface area contributed by atoms with Crippen LogP contribution in [0.4, 0.5) is 0 Å². The van der Waals surface area contributed by atoms with Crippen LogP contribution >= 0.6 is 0 Å². The molecule has 1 aliphatic heterocycles. The van der Waals surface area contributed by atoms with Crippen LogP contribution in [0.5, 0.6) is 11.5 Å². The topological polar surface area (TPSA) is 89.2 Å². The molecule has 4 rings (SSSR count). The zero-order valence-corrected chi connectivity index (χ0v) is 16.4. The first-order valence-corrected chi connectivity index (χ1v) is 9.21. The van der Waals surface area contributed by atoms with Crippen LogP contribution in [0.3, 0.4) is 0 Å². The van der Waals surface area contributed by atoms with Crippen molar-refractivity contribution in [2.24, 2.45) is 0 Å². The van der Waals surface area contributed by atoms with Gasteiger partial charge in [-0.3, -0.25) is 9.59 Å². The number of hydrogen-bond donors (Lipinski definition) is 1. The normalized spacial score (nSPS) is 15.7. The Bertz CT molecular complexity index is 1170. The molecule has 0 saturated carbocycles. The van der Waals surface area contributed by atoms with Crippen molar-refractivity contribution in [2.75, 3.05) is 27.4 Å². The van der Waals surface area contributed by atoms with Gasteiger partial charge in [-0.15, -0.1) is 0 Å². The number of aliphatic hydroxyl groups is 1. The van der Waals surface area contributed by atoms with Crippen molar-refractivity contribution in [3.05, 3.63) is 69.1 Å². The molecule has 0 unspecified atom stereocenters. The number of β-amino-alcohol motifs (C(OH)–C–C–N with tert-alkyl or cyclic N) is 1. The van der Waals surface area contributed by atoms with Crippen molar-refractivity contribution in [1.29, 1.82) is 0 Å². The molecule has 2 heterocycles. The maximum Gasteiger partial charge on any atom is 0.290 e. The summed E-state index contributed by atoms with van der Waals surface area (Å²) in [5.41, 5.74) is 1.98. The first-order valence-electron chi connectivity index (χ1n) is 9.21. The molecule has 0 fully saturated rings. The van der Waals surface area contributed by atoms with E-state index in [-0.39, 0.29) is 29.9 Å². The number of nitrogens with zero attached hydrogens (tertiary/aromatic N) is 1. The molecule has 1 N–H and O–H groups in total. The molecule has 0 saturated heterocycles. The van der Waals surface area contributed by atoms with Crippen LogP contribution in [0.25, 0.3) is 11.0 Å². The van der Waals surface area contributed by atoms with Crippen molar-refractivity contribution in [3.63, 3.8) is 0 Å². The van der Waals surface area contributed by atoms with Crippen LogP contribution in [-0.2, 0) is 0 Å². The fourth-order valence-corrected chi connectivity index (χ4v) is 3.84. The molecule has 3 aromatic rings. The van der Waals surface area contributed by atoms with E-state index >= 15 is 0 Å². The van der Waals surface area contributed by atoms with E-state index in [0.717, 1.165) is 5.56 Å². The van der Waals surface area contributed by atoms with E-state index < -0.39 is 11.9 Å². The van der Waals surface area contributed by atoms with Crippen LogP contribution in [0.15, 0.2) is 45.6 Å². The lowest BCUT2D eigenvalue weighted by atomic mass is 9.97. The number of hydrogen-bond acceptors (Lipinski definition) is 6. The van der Waals surface area contributed by atoms with E-state index in [1.165, 1.54) is 19.1 Å². The van der Waals surface area contributed by atoms with E-state index in [4.69, 9.17) is 13.9 Å². The number of carbonyl (C=O) groups excluding carboxylic acids is 1. The highest BCUT2D eigenvalue weighted by molar-refractivity contribution is 5.99. The highest BCUT2D eigenvalue weighted by Crippen LogP contribution is 2.40. The number of aliphatic hydroxyl groups excluding tert-OH is 1. The molecule has 7 nitrogen and oxygen atoms in total. The van der Waals surface area contributed by atoms with Gasteiger partial charge in [-0.25, -0.2) is 0 Å². The summed E-state index contributed by atoms with van der Waals surface area (Å²) in [5, 5.41) is 9.94. The standard InChI is InChI=1S/C22H21NO6/c1-12-4-6-15-14(10-12)20(25)18-19(23(8-9-24)22(26)21(18)29-15)13-5-7-16(27-2)17(11-13)28-3/h4-7,10-11,19,24H,8-9H2,1-3H3/t19-/m1/s1. The molecule has 2 aromatic carbocycles. The van der Waals surface area contributed by atoms with E-state index in [1.54, 1.807) is 30.3 Å². The second-order valence-electron chi connectivity index (χ2n) is 6.91. The summed E-state index contributed by atoms with van der Waals surface area (Å²) in [5.74, 6) is 0.611. The minimum Gasteiger partial charge on any atom is -0.493 e. The van der Waals surface area contributed by atoms with Gasteiger partial charge < -0.3 is 23.9 Å². The highest BCUT2D eigenvalue weighted by Gasteiger charge is 2.42. The molecular formula is C22H21NO6. The molecule has 0 radical (unpaired) electrons. The Labute approximate surface area is 167 Å². The van der Waals surface area contributed by atoms with Gasteiger partial charge in [0.25, 0.3) is 5.91 Å². The third-order valence-corrected chi connectivity index (χ3v) is 5.19. The van der Waals surface area contributed by atoms with Crippen LogP contribution in [0.1, 0.15) is 33.3 Å². The van der Waals surface area contributed by atoms with Gasteiger partial charge in [0, 0.05) is 6.54 Å². The van der Waals surface area contributed by atoms with Gasteiger partial charge in [0.2, 0.25) is 5.76 Å². The Morgan fingerprint density at radius 2 is 1.83 bits per heavy atom. The van der Waals surface area contributed by atoms with E-state index in [9.17, 15) is 14.7 Å². The maximum atomic E-state index is 13.4. The summed E-state index contributed by atoms with van der Waals surface area (Å²) in [6.45, 7) is 1.72. The summed E-state index contributed by atoms with van der Waals surface area (Å²) < 4.78 is 16.5. The molecule has 150 valence electrons. The molecule has 7 heteroatoms. The number of aryl methyl sites for hydroxylation is 1. The van der Waals surface area contributed by atoms with Crippen LogP contribution in [0.2, 0.25) is 0 Å². The van der Waals surface area contributed by atoms with Crippen LogP contribution in [0, 0.1) is 6.92 Å². The van der Waals surface area contributed by atoms with Gasteiger partial charge in [0.15, 0.2) is 16.9 Å². The Balaban J connectivity index is 1.99. The minimum atomic E-state index is -0.689. The average molecular weight is 395 g/mol. The van der Waals surface area contributed by atoms with Crippen molar-refractivity contribution < 1.29 is 23.8 Å². The van der Waals surface area contributed by atoms with Gasteiger partial charge in [-0.05, 0) is 36.8 Å². The SMILES string of the molecule is COc1ccc([C@@H]2c3c(oc4ccc(C)cc4c3=O)C(=O)N2CCO)cc1OC. The third-order valence-electron chi connectivity index (χ3n) is 5.19. The molecule has 1 amide bonds. The fourth-order valence-electron chi connectivity index (χ4n) is 3.84. The Kier molecular flexibility index (Phi) is 4.76. The molecule has 1 aromatic heterocycles. The number of amides is 1. The zero-order chi connectivity index (χ0) is 20.7. The molecule has 0 aliphatic carbocycles. The first-order chi connectivity index (χ1) is 14.0.